The van der Waals surface area contributed by atoms with E-state index in [0.29, 0.717) is 0 Å². The number of ether oxygens (including phenoxy) is 2. The van der Waals surface area contributed by atoms with E-state index in [4.69, 9.17) is 9.47 Å². The molecule has 0 spiro atoms. The Morgan fingerprint density at radius 3 is 1.76 bits per heavy atom. The number of benzene rings is 2. The minimum Gasteiger partial charge on any atom is -0.523 e. The molecule has 0 unspecified atom stereocenters. The van der Waals surface area contributed by atoms with Gasteiger partial charge in [-0.3, -0.25) is 6.08 Å². The van der Waals surface area contributed by atoms with E-state index in [2.05, 4.69) is 36.4 Å². The first kappa shape index (κ1) is 23.2. The summed E-state index contributed by atoms with van der Waals surface area (Å²) in [5.74, 6) is 1.57. The van der Waals surface area contributed by atoms with Crippen molar-refractivity contribution in [1.29, 1.82) is 0 Å². The summed E-state index contributed by atoms with van der Waals surface area (Å²) in [6.45, 7) is 0. The van der Waals surface area contributed by atoms with Crippen LogP contribution in [-0.2, 0) is 21.1 Å². The van der Waals surface area contributed by atoms with Gasteiger partial charge in [-0.2, -0.15) is 42.8 Å². The molecule has 3 rings (SSSR count). The van der Waals surface area contributed by atoms with Gasteiger partial charge < -0.3 is 15.5 Å². The molecule has 0 amide bonds. The van der Waals surface area contributed by atoms with E-state index in [0.717, 1.165) is 17.9 Å². The van der Waals surface area contributed by atoms with Gasteiger partial charge in [0.2, 0.25) is 0 Å². The molecule has 2 aromatic rings. The summed E-state index contributed by atoms with van der Waals surface area (Å²) < 4.78 is 9.72. The van der Waals surface area contributed by atoms with E-state index >= 15 is 0 Å². The molecule has 1 aliphatic rings. The molecule has 0 bridgehead atoms. The molecule has 0 aliphatic heterocycles. The second-order valence-electron chi connectivity index (χ2n) is 4.86. The van der Waals surface area contributed by atoms with Crippen LogP contribution in [-0.4, -0.2) is 14.2 Å². The first-order valence-corrected chi connectivity index (χ1v) is 8.08. The van der Waals surface area contributed by atoms with Crippen molar-refractivity contribution in [2.75, 3.05) is 14.2 Å². The van der Waals surface area contributed by atoms with Crippen LogP contribution in [0.3, 0.4) is 0 Å². The van der Waals surface area contributed by atoms with Crippen LogP contribution >= 0.6 is 0 Å². The van der Waals surface area contributed by atoms with Crippen LogP contribution in [0.2, 0.25) is 0 Å². The molecule has 0 atom stereocenters. The second kappa shape index (κ2) is 17.0. The van der Waals surface area contributed by atoms with Gasteiger partial charge in [-0.25, -0.2) is 0 Å². The molecule has 0 heterocycles. The summed E-state index contributed by atoms with van der Waals surface area (Å²) >= 11 is 0. The number of rotatable bonds is 2. The van der Waals surface area contributed by atoms with Crippen LogP contribution in [0.4, 0.5) is 0 Å². The largest absolute Gasteiger partial charge is 0.523 e. The summed E-state index contributed by atoms with van der Waals surface area (Å²) in [7, 11) is 3.26. The van der Waals surface area contributed by atoms with Crippen molar-refractivity contribution in [2.45, 2.75) is 25.7 Å². The Morgan fingerprint density at radius 2 is 1.32 bits per heavy atom. The first-order chi connectivity index (χ1) is 11.9. The predicted molar refractivity (Wildman–Crippen MR) is 99.1 cm³/mol. The summed E-state index contributed by atoms with van der Waals surface area (Å²) in [5.41, 5.74) is 0. The molecular weight excluding hydrogens is 491 g/mol. The number of para-hydroxylation sites is 2. The first-order valence-electron chi connectivity index (χ1n) is 8.08. The summed E-state index contributed by atoms with van der Waals surface area (Å²) in [5, 5.41) is 0. The normalized spacial score (nSPS) is 11.9. The molecule has 138 valence electrons. The van der Waals surface area contributed by atoms with Gasteiger partial charge >= 0.3 is 0 Å². The monoisotopic (exact) mass is 516 g/mol. The average molecular weight is 517 g/mol. The van der Waals surface area contributed by atoms with E-state index in [1.807, 2.05) is 48.5 Å². The van der Waals surface area contributed by atoms with Crippen LogP contribution in [0.15, 0.2) is 66.8 Å². The number of allylic oxidation sites excluding steroid dienone is 4. The van der Waals surface area contributed by atoms with Gasteiger partial charge in [-0.05, 0) is 6.42 Å². The number of methoxy groups -OCH3 is 2. The Morgan fingerprint density at radius 1 is 0.760 bits per heavy atom. The van der Waals surface area contributed by atoms with Crippen molar-refractivity contribution in [1.82, 2.24) is 0 Å². The van der Waals surface area contributed by atoms with Gasteiger partial charge in [-0.1, -0.05) is 25.0 Å². The summed E-state index contributed by atoms with van der Waals surface area (Å²) in [4.78, 5) is 0. The fraction of sp³-hybridized carbons (Fsp3) is 0.273. The van der Waals surface area contributed by atoms with Crippen LogP contribution in [0, 0.1) is 18.2 Å². The average Bonchev–Trinajstić information content (AvgIpc) is 2.63. The third kappa shape index (κ3) is 13.2. The Balaban J connectivity index is 0.000000339. The molecule has 0 radical (unpaired) electrons. The Hall–Kier alpha value is -1.79. The smallest absolute Gasteiger partial charge is 0.0743 e. The minimum atomic E-state index is 0. The van der Waals surface area contributed by atoms with Gasteiger partial charge in [0.15, 0.2) is 0 Å². The SMILES string of the molecule is COc1[c-]cccc1.COc1[c-]cccc1.[C-]1=CCCC=CCC1.[Pt]. The third-order valence-electron chi connectivity index (χ3n) is 3.04. The molecule has 1 aliphatic carbocycles. The van der Waals surface area contributed by atoms with Gasteiger partial charge in [0.05, 0.1) is 14.2 Å². The van der Waals surface area contributed by atoms with Gasteiger partial charge in [-0.15, -0.1) is 24.3 Å². The van der Waals surface area contributed by atoms with Crippen molar-refractivity contribution in [3.63, 3.8) is 0 Å². The zero-order chi connectivity index (χ0) is 17.3. The maximum absolute atomic E-state index is 4.86. The predicted octanol–water partition coefficient (Wildman–Crippen LogP) is 5.46. The van der Waals surface area contributed by atoms with Crippen molar-refractivity contribution in [3.05, 3.63) is 85.0 Å². The van der Waals surface area contributed by atoms with Gasteiger partial charge in [0, 0.05) is 32.6 Å². The summed E-state index contributed by atoms with van der Waals surface area (Å²) in [6, 6.07) is 20.8. The zero-order valence-corrected chi connectivity index (χ0v) is 17.1. The maximum Gasteiger partial charge on any atom is 0.0743 e. The maximum atomic E-state index is 4.86. The molecule has 3 heteroatoms. The van der Waals surface area contributed by atoms with Crippen molar-refractivity contribution < 1.29 is 30.5 Å². The van der Waals surface area contributed by atoms with E-state index in [1.165, 1.54) is 19.3 Å². The van der Waals surface area contributed by atoms with Crippen LogP contribution < -0.4 is 9.47 Å². The number of hydrogen-bond acceptors (Lipinski definition) is 2. The van der Waals surface area contributed by atoms with Crippen LogP contribution in [0.5, 0.6) is 11.5 Å². The van der Waals surface area contributed by atoms with Crippen LogP contribution in [0.25, 0.3) is 0 Å². The molecule has 0 saturated carbocycles. The number of hydrogen-bond donors (Lipinski definition) is 0. The molecule has 0 saturated heterocycles. The van der Waals surface area contributed by atoms with Gasteiger partial charge in [0.1, 0.15) is 0 Å². The molecule has 0 N–H and O–H groups in total. The molecule has 25 heavy (non-hydrogen) atoms. The van der Waals surface area contributed by atoms with E-state index in [-0.39, 0.29) is 21.1 Å². The van der Waals surface area contributed by atoms with Crippen molar-refractivity contribution >= 4 is 0 Å². The Bertz CT molecular complexity index is 500. The van der Waals surface area contributed by atoms with E-state index in [1.54, 1.807) is 14.2 Å². The van der Waals surface area contributed by atoms with E-state index < -0.39 is 0 Å². The third-order valence-corrected chi connectivity index (χ3v) is 3.04. The molecular formula is C22H25O2Pt-3. The zero-order valence-electron chi connectivity index (χ0n) is 14.8. The standard InChI is InChI=1S/C8H11.2C7H7O.Pt/c1-2-4-6-8-7-5-3-1;2*1-8-7-5-3-2-4-6-7;/h1-2,7H,3-6H2;2*2-5H,1H3;/q3*-1;. The minimum absolute atomic E-state index is 0. The molecule has 2 nitrogen and oxygen atoms in total. The van der Waals surface area contributed by atoms with Gasteiger partial charge in [0.25, 0.3) is 0 Å². The van der Waals surface area contributed by atoms with E-state index in [9.17, 15) is 0 Å². The second-order valence-corrected chi connectivity index (χ2v) is 4.86. The fourth-order valence-corrected chi connectivity index (χ4v) is 1.79. The fourth-order valence-electron chi connectivity index (χ4n) is 1.79. The van der Waals surface area contributed by atoms with Crippen LogP contribution in [0.1, 0.15) is 25.7 Å². The molecule has 0 aromatic heterocycles. The molecule has 2 aromatic carbocycles. The Labute approximate surface area is 166 Å². The Kier molecular flexibility index (Phi) is 15.8. The van der Waals surface area contributed by atoms with Crippen molar-refractivity contribution in [3.8, 4) is 11.5 Å². The summed E-state index contributed by atoms with van der Waals surface area (Å²) in [6.07, 6.45) is 14.5. The van der Waals surface area contributed by atoms with Crippen molar-refractivity contribution in [2.24, 2.45) is 0 Å². The molecule has 0 fully saturated rings. The quantitative estimate of drug-likeness (QED) is 0.390. The topological polar surface area (TPSA) is 18.5 Å².